The van der Waals surface area contributed by atoms with Crippen LogP contribution in [0, 0.1) is 22.7 Å². The molecule has 3 saturated heterocycles. The van der Waals surface area contributed by atoms with Crippen molar-refractivity contribution in [2.24, 2.45) is 22.7 Å². The van der Waals surface area contributed by atoms with Gasteiger partial charge in [0.1, 0.15) is 41.7 Å². The van der Waals surface area contributed by atoms with Gasteiger partial charge in [0.2, 0.25) is 0 Å². The minimum absolute atomic E-state index is 0.0227. The fourth-order valence-corrected chi connectivity index (χ4v) is 14.2. The van der Waals surface area contributed by atoms with E-state index in [1.165, 1.54) is 6.92 Å². The normalized spacial score (nSPS) is 48.6. The summed E-state index contributed by atoms with van der Waals surface area (Å²) in [4.78, 5) is 26.1. The number of carbonyl (C=O) groups is 2. The number of aliphatic hydroxyl groups excluding tert-OH is 1. The van der Waals surface area contributed by atoms with Crippen LogP contribution in [0.2, 0.25) is 0 Å². The van der Waals surface area contributed by atoms with E-state index >= 15 is 0 Å². The topological polar surface area (TPSA) is 217 Å². The van der Waals surface area contributed by atoms with E-state index in [2.05, 4.69) is 6.92 Å². The second-order valence-electron chi connectivity index (χ2n) is 21.5. The van der Waals surface area contributed by atoms with Gasteiger partial charge in [-0.3, -0.25) is 4.79 Å². The van der Waals surface area contributed by atoms with Crippen molar-refractivity contribution in [2.45, 2.75) is 228 Å². The Morgan fingerprint density at radius 1 is 0.706 bits per heavy atom. The molecule has 68 heavy (non-hydrogen) atoms. The van der Waals surface area contributed by atoms with Crippen molar-refractivity contribution in [2.75, 3.05) is 21.3 Å². The Morgan fingerprint density at radius 3 is 1.84 bits per heavy atom. The summed E-state index contributed by atoms with van der Waals surface area (Å²) < 4.78 is 68.1. The summed E-state index contributed by atoms with van der Waals surface area (Å²) in [7, 11) is 4.85. The zero-order chi connectivity index (χ0) is 49.1. The molecule has 22 unspecified atom stereocenters. The number of methoxy groups -OCH3 is 3. The van der Waals surface area contributed by atoms with Crippen LogP contribution in [0.3, 0.4) is 0 Å². The van der Waals surface area contributed by atoms with Crippen LogP contribution in [-0.4, -0.2) is 163 Å². The lowest BCUT2D eigenvalue weighted by molar-refractivity contribution is -0.346. The van der Waals surface area contributed by atoms with Crippen molar-refractivity contribution in [1.82, 2.24) is 0 Å². The van der Waals surface area contributed by atoms with Crippen molar-refractivity contribution in [1.29, 1.82) is 0 Å². The van der Waals surface area contributed by atoms with Crippen LogP contribution in [0.15, 0.2) is 30.3 Å². The highest BCUT2D eigenvalue weighted by Crippen LogP contribution is 2.72. The van der Waals surface area contributed by atoms with Crippen molar-refractivity contribution < 1.29 is 82.1 Å². The lowest BCUT2D eigenvalue weighted by Gasteiger charge is -2.69. The van der Waals surface area contributed by atoms with Gasteiger partial charge in [-0.25, -0.2) is 4.79 Å². The average Bonchev–Trinajstić information content (AvgIpc) is 3.54. The number of hydrogen-bond donors (Lipinski definition) is 4. The summed E-state index contributed by atoms with van der Waals surface area (Å²) in [6.07, 6.45) is -3.77. The Hall–Kier alpha value is -2.36. The SMILES string of the molecule is COC1CC(OC2C(C)OC(OC3C(C)OC(OC4CCC5(C)C(CCC6(O)C5CC(OC(C)=O)C5(C)C(O)(C(C)OC(=O)c7ccccc7)CCC65O)C4)CC3OC)CC2OC)OC(C)C1O. The Kier molecular flexibility index (Phi) is 15.2. The molecule has 4 aliphatic carbocycles. The molecule has 1 aromatic carbocycles. The molecule has 8 rings (SSSR count). The third kappa shape index (κ3) is 8.89. The van der Waals surface area contributed by atoms with Gasteiger partial charge in [-0.1, -0.05) is 32.0 Å². The molecule has 22 atom stereocenters. The van der Waals surface area contributed by atoms with Crippen LogP contribution in [0.25, 0.3) is 0 Å². The minimum Gasteiger partial charge on any atom is -0.462 e. The van der Waals surface area contributed by atoms with E-state index in [1.807, 2.05) is 13.8 Å². The highest BCUT2D eigenvalue weighted by Gasteiger charge is 2.82. The molecule has 384 valence electrons. The van der Waals surface area contributed by atoms with Gasteiger partial charge in [-0.2, -0.15) is 0 Å². The van der Waals surface area contributed by atoms with Gasteiger partial charge in [0.15, 0.2) is 18.9 Å². The van der Waals surface area contributed by atoms with Gasteiger partial charge in [0, 0.05) is 47.5 Å². The van der Waals surface area contributed by atoms with Gasteiger partial charge < -0.3 is 72.5 Å². The van der Waals surface area contributed by atoms with Gasteiger partial charge in [0.05, 0.1) is 59.3 Å². The third-order valence-electron chi connectivity index (χ3n) is 18.2. The summed E-state index contributed by atoms with van der Waals surface area (Å²) >= 11 is 0. The number of ether oxygens (including phenoxy) is 11. The molecule has 0 amide bonds. The lowest BCUT2D eigenvalue weighted by Crippen LogP contribution is -2.79. The zero-order valence-corrected chi connectivity index (χ0v) is 41.6. The first-order valence-corrected chi connectivity index (χ1v) is 25.0. The second-order valence-corrected chi connectivity index (χ2v) is 21.5. The number of fused-ring (bicyclic) bond motifs is 5. The molecule has 0 aromatic heterocycles. The molecule has 17 heteroatoms. The fraction of sp³-hybridized carbons (Fsp3) is 0.843. The molecule has 0 bridgehead atoms. The Labute approximate surface area is 401 Å². The van der Waals surface area contributed by atoms with Gasteiger partial charge >= 0.3 is 11.9 Å². The van der Waals surface area contributed by atoms with Gasteiger partial charge in [0.25, 0.3) is 0 Å². The molecule has 17 nitrogen and oxygen atoms in total. The van der Waals surface area contributed by atoms with Crippen molar-refractivity contribution >= 4 is 11.9 Å². The van der Waals surface area contributed by atoms with Crippen LogP contribution in [-0.2, 0) is 56.9 Å². The molecule has 7 aliphatic rings. The van der Waals surface area contributed by atoms with E-state index in [9.17, 15) is 30.0 Å². The summed E-state index contributed by atoms with van der Waals surface area (Å²) in [5, 5.41) is 49.4. The molecule has 4 saturated carbocycles. The van der Waals surface area contributed by atoms with E-state index in [-0.39, 0.29) is 49.9 Å². The standard InChI is InChI=1S/C51H78O17/c1-27-43(53)35(58-8)23-41(61-27)67-45-29(3)63-42(25-37(45)60-10)68-44-28(2)62-40(24-36(44)59-9)66-34-17-18-47(6)33(22-34)16-19-50(56)38(47)26-39(65-31(5)52)48(7)49(55,20-21-51(48,50)57)30(4)64-46(54)32-14-12-11-13-15-32/h11-15,27-30,33-45,53,55-57H,16-26H2,1-10H3. The maximum Gasteiger partial charge on any atom is 0.338 e. The Morgan fingerprint density at radius 2 is 1.26 bits per heavy atom. The molecule has 3 heterocycles. The lowest BCUT2D eigenvalue weighted by atomic mass is 9.40. The highest BCUT2D eigenvalue weighted by molar-refractivity contribution is 5.89. The molecule has 1 aromatic rings. The van der Waals surface area contributed by atoms with Crippen LogP contribution in [0.5, 0.6) is 0 Å². The van der Waals surface area contributed by atoms with Gasteiger partial charge in [-0.05, 0) is 108 Å². The minimum atomic E-state index is -1.88. The van der Waals surface area contributed by atoms with E-state index in [0.29, 0.717) is 50.5 Å². The first kappa shape index (κ1) is 52.0. The van der Waals surface area contributed by atoms with Crippen LogP contribution < -0.4 is 0 Å². The third-order valence-corrected chi connectivity index (χ3v) is 18.2. The molecule has 4 N–H and O–H groups in total. The second kappa shape index (κ2) is 19.9. The summed E-state index contributed by atoms with van der Waals surface area (Å²) in [5.74, 6) is -1.56. The monoisotopic (exact) mass is 963 g/mol. The summed E-state index contributed by atoms with van der Waals surface area (Å²) in [6, 6.07) is 8.50. The summed E-state index contributed by atoms with van der Waals surface area (Å²) in [5.41, 5.74) is -7.09. The van der Waals surface area contributed by atoms with Crippen molar-refractivity contribution in [3.63, 3.8) is 0 Å². The maximum atomic E-state index is 13.3. The number of esters is 2. The average molecular weight is 963 g/mol. The highest BCUT2D eigenvalue weighted by atomic mass is 16.7. The first-order valence-electron chi connectivity index (χ1n) is 25.0. The molecule has 0 spiro atoms. The van der Waals surface area contributed by atoms with Crippen LogP contribution in [0.1, 0.15) is 129 Å². The Balaban J connectivity index is 0.903. The zero-order valence-electron chi connectivity index (χ0n) is 41.6. The number of benzene rings is 1. The first-order chi connectivity index (χ1) is 32.2. The van der Waals surface area contributed by atoms with Crippen molar-refractivity contribution in [3.05, 3.63) is 35.9 Å². The maximum absolute atomic E-state index is 13.3. The number of rotatable bonds is 13. The number of carbonyl (C=O) groups excluding carboxylic acids is 2. The van der Waals surface area contributed by atoms with Crippen LogP contribution in [0.4, 0.5) is 0 Å². The van der Waals surface area contributed by atoms with E-state index in [4.69, 9.17) is 52.1 Å². The van der Waals surface area contributed by atoms with Gasteiger partial charge in [-0.15, -0.1) is 0 Å². The van der Waals surface area contributed by atoms with E-state index in [0.717, 1.165) is 0 Å². The quantitative estimate of drug-likeness (QED) is 0.155. The summed E-state index contributed by atoms with van der Waals surface area (Å²) in [6.45, 7) is 12.4. The predicted molar refractivity (Wildman–Crippen MR) is 242 cm³/mol. The molecular weight excluding hydrogens is 885 g/mol. The van der Waals surface area contributed by atoms with Crippen molar-refractivity contribution in [3.8, 4) is 0 Å². The predicted octanol–water partition coefficient (Wildman–Crippen LogP) is 4.74. The Bertz CT molecular complexity index is 1910. The van der Waals surface area contributed by atoms with E-state index < -0.39 is 119 Å². The molecule has 3 aliphatic heterocycles. The largest absolute Gasteiger partial charge is 0.462 e. The molecule has 0 radical (unpaired) electrons. The molecular formula is C51H78O17. The number of hydrogen-bond acceptors (Lipinski definition) is 17. The fourth-order valence-electron chi connectivity index (χ4n) is 14.2. The van der Waals surface area contributed by atoms with Crippen LogP contribution >= 0.6 is 0 Å². The van der Waals surface area contributed by atoms with E-state index in [1.54, 1.807) is 72.4 Å². The number of aliphatic hydroxyl groups is 4. The smallest absolute Gasteiger partial charge is 0.338 e. The molecule has 7 fully saturated rings.